The van der Waals surface area contributed by atoms with Gasteiger partial charge in [0.15, 0.2) is 0 Å². The van der Waals surface area contributed by atoms with Crippen molar-refractivity contribution in [3.8, 4) is 0 Å². The van der Waals surface area contributed by atoms with Crippen molar-refractivity contribution in [2.75, 3.05) is 33.2 Å². The van der Waals surface area contributed by atoms with Crippen molar-refractivity contribution in [1.82, 2.24) is 9.80 Å². The number of nitrogens with two attached hydrogens (primary N) is 1. The second-order valence-corrected chi connectivity index (χ2v) is 7.89. The fourth-order valence-corrected chi connectivity index (χ4v) is 4.08. The van der Waals surface area contributed by atoms with Crippen LogP contribution >= 0.6 is 0 Å². The third-order valence-corrected chi connectivity index (χ3v) is 5.01. The summed E-state index contributed by atoms with van der Waals surface area (Å²) in [5.41, 5.74) is 6.43. The number of piperidine rings is 2. The van der Waals surface area contributed by atoms with Gasteiger partial charge < -0.3 is 10.6 Å². The molecule has 2 fully saturated rings. The molecule has 0 spiro atoms. The van der Waals surface area contributed by atoms with Crippen molar-refractivity contribution in [2.45, 2.75) is 58.5 Å². The van der Waals surface area contributed by atoms with Gasteiger partial charge in [-0.2, -0.15) is 0 Å². The molecule has 0 aromatic carbocycles. The van der Waals surface area contributed by atoms with Crippen molar-refractivity contribution in [2.24, 2.45) is 17.1 Å². The average Bonchev–Trinajstić information content (AvgIpc) is 2.35. The number of hydrogen-bond acceptors (Lipinski definition) is 3. The van der Waals surface area contributed by atoms with Gasteiger partial charge in [0, 0.05) is 25.2 Å². The normalized spacial score (nSPS) is 32.1. The van der Waals surface area contributed by atoms with Crippen LogP contribution in [-0.2, 0) is 0 Å². The van der Waals surface area contributed by atoms with Crippen LogP contribution in [-0.4, -0.2) is 55.1 Å². The SMILES string of the molecule is CN1CCCC2CN(C(CN)CC(C)(C)C)CCC21. The van der Waals surface area contributed by atoms with Crippen LogP contribution in [0.1, 0.15) is 46.5 Å². The van der Waals surface area contributed by atoms with E-state index in [9.17, 15) is 0 Å². The second-order valence-electron chi connectivity index (χ2n) is 7.89. The molecule has 2 saturated heterocycles. The van der Waals surface area contributed by atoms with Gasteiger partial charge >= 0.3 is 0 Å². The molecular formula is C16H33N3. The number of hydrogen-bond donors (Lipinski definition) is 1. The van der Waals surface area contributed by atoms with Crippen LogP contribution in [0.5, 0.6) is 0 Å². The van der Waals surface area contributed by atoms with Crippen LogP contribution in [0, 0.1) is 11.3 Å². The van der Waals surface area contributed by atoms with Crippen molar-refractivity contribution in [3.05, 3.63) is 0 Å². The van der Waals surface area contributed by atoms with Crippen LogP contribution in [0.2, 0.25) is 0 Å². The van der Waals surface area contributed by atoms with E-state index in [1.807, 2.05) is 0 Å². The zero-order valence-electron chi connectivity index (χ0n) is 13.4. The highest BCUT2D eigenvalue weighted by Crippen LogP contribution is 2.32. The molecule has 2 aliphatic rings. The van der Waals surface area contributed by atoms with E-state index in [2.05, 4.69) is 37.6 Å². The summed E-state index contributed by atoms with van der Waals surface area (Å²) in [6.07, 6.45) is 5.34. The van der Waals surface area contributed by atoms with Crippen LogP contribution in [0.4, 0.5) is 0 Å². The Hall–Kier alpha value is -0.120. The summed E-state index contributed by atoms with van der Waals surface area (Å²) in [5.74, 6) is 0.876. The number of likely N-dealkylation sites (tertiary alicyclic amines) is 2. The van der Waals surface area contributed by atoms with Crippen LogP contribution in [0.15, 0.2) is 0 Å². The van der Waals surface area contributed by atoms with Gasteiger partial charge in [-0.05, 0) is 57.2 Å². The maximum absolute atomic E-state index is 6.05. The standard InChI is InChI=1S/C16H33N3/c1-16(2,3)10-14(11-17)19-9-7-15-13(12-19)6-5-8-18(15)4/h13-15H,5-12,17H2,1-4H3. The predicted molar refractivity (Wildman–Crippen MR) is 82.2 cm³/mol. The highest BCUT2D eigenvalue weighted by Gasteiger charge is 2.36. The van der Waals surface area contributed by atoms with Crippen molar-refractivity contribution in [3.63, 3.8) is 0 Å². The Morgan fingerprint density at radius 2 is 1.95 bits per heavy atom. The van der Waals surface area contributed by atoms with E-state index in [0.29, 0.717) is 11.5 Å². The van der Waals surface area contributed by atoms with Gasteiger partial charge in [0.2, 0.25) is 0 Å². The first-order valence-corrected chi connectivity index (χ1v) is 8.05. The molecule has 2 N–H and O–H groups in total. The zero-order chi connectivity index (χ0) is 14.0. The van der Waals surface area contributed by atoms with Gasteiger partial charge in [0.1, 0.15) is 0 Å². The van der Waals surface area contributed by atoms with Crippen molar-refractivity contribution in [1.29, 1.82) is 0 Å². The fourth-order valence-electron chi connectivity index (χ4n) is 4.08. The smallest absolute Gasteiger partial charge is 0.0223 e. The molecule has 0 aromatic heterocycles. The van der Waals surface area contributed by atoms with E-state index in [1.54, 1.807) is 0 Å². The summed E-state index contributed by atoms with van der Waals surface area (Å²) in [6.45, 7) is 11.6. The summed E-state index contributed by atoms with van der Waals surface area (Å²) in [6, 6.07) is 1.41. The minimum atomic E-state index is 0.379. The molecule has 0 radical (unpaired) electrons. The number of rotatable bonds is 3. The number of fused-ring (bicyclic) bond motifs is 1. The molecule has 2 rings (SSSR count). The fraction of sp³-hybridized carbons (Fsp3) is 1.00. The topological polar surface area (TPSA) is 32.5 Å². The first-order chi connectivity index (χ1) is 8.90. The summed E-state index contributed by atoms with van der Waals surface area (Å²) in [5, 5.41) is 0. The molecule has 3 heteroatoms. The lowest BCUT2D eigenvalue weighted by Crippen LogP contribution is -2.56. The maximum atomic E-state index is 6.05. The highest BCUT2D eigenvalue weighted by molar-refractivity contribution is 4.92. The Bertz CT molecular complexity index is 284. The van der Waals surface area contributed by atoms with Gasteiger partial charge in [-0.25, -0.2) is 0 Å². The Morgan fingerprint density at radius 3 is 2.58 bits per heavy atom. The van der Waals surface area contributed by atoms with E-state index in [0.717, 1.165) is 18.5 Å². The Balaban J connectivity index is 1.95. The first kappa shape index (κ1) is 15.3. The maximum Gasteiger partial charge on any atom is 0.0223 e. The van der Waals surface area contributed by atoms with Crippen molar-refractivity contribution >= 4 is 0 Å². The first-order valence-electron chi connectivity index (χ1n) is 8.05. The molecule has 3 atom stereocenters. The lowest BCUT2D eigenvalue weighted by atomic mass is 9.81. The molecule has 0 aromatic rings. The van der Waals surface area contributed by atoms with Gasteiger partial charge in [-0.3, -0.25) is 4.90 Å². The predicted octanol–water partition coefficient (Wildman–Crippen LogP) is 2.17. The largest absolute Gasteiger partial charge is 0.329 e. The molecule has 3 unspecified atom stereocenters. The molecule has 19 heavy (non-hydrogen) atoms. The molecule has 0 saturated carbocycles. The zero-order valence-corrected chi connectivity index (χ0v) is 13.4. The third-order valence-electron chi connectivity index (χ3n) is 5.01. The van der Waals surface area contributed by atoms with E-state index >= 15 is 0 Å². The van der Waals surface area contributed by atoms with Gasteiger partial charge in [-0.1, -0.05) is 20.8 Å². The molecule has 2 heterocycles. The molecule has 0 bridgehead atoms. The summed E-state index contributed by atoms with van der Waals surface area (Å²) < 4.78 is 0. The van der Waals surface area contributed by atoms with Gasteiger partial charge in [-0.15, -0.1) is 0 Å². The Labute approximate surface area is 119 Å². The molecule has 112 valence electrons. The quantitative estimate of drug-likeness (QED) is 0.850. The van der Waals surface area contributed by atoms with Crippen molar-refractivity contribution < 1.29 is 0 Å². The Kier molecular flexibility index (Phi) is 4.91. The number of nitrogens with zero attached hydrogens (tertiary/aromatic N) is 2. The lowest BCUT2D eigenvalue weighted by Gasteiger charge is -2.48. The summed E-state index contributed by atoms with van der Waals surface area (Å²) >= 11 is 0. The van der Waals surface area contributed by atoms with Crippen LogP contribution < -0.4 is 5.73 Å². The molecular weight excluding hydrogens is 234 g/mol. The monoisotopic (exact) mass is 267 g/mol. The summed E-state index contributed by atoms with van der Waals surface area (Å²) in [4.78, 5) is 5.28. The lowest BCUT2D eigenvalue weighted by molar-refractivity contribution is 0.0138. The van der Waals surface area contributed by atoms with Gasteiger partial charge in [0.05, 0.1) is 0 Å². The van der Waals surface area contributed by atoms with E-state index in [4.69, 9.17) is 5.73 Å². The second kappa shape index (κ2) is 6.11. The average molecular weight is 267 g/mol. The van der Waals surface area contributed by atoms with E-state index < -0.39 is 0 Å². The molecule has 0 amide bonds. The van der Waals surface area contributed by atoms with Crippen LogP contribution in [0.3, 0.4) is 0 Å². The minimum absolute atomic E-state index is 0.379. The highest BCUT2D eigenvalue weighted by atomic mass is 15.2. The van der Waals surface area contributed by atoms with E-state index in [-0.39, 0.29) is 0 Å². The van der Waals surface area contributed by atoms with E-state index in [1.165, 1.54) is 45.3 Å². The summed E-state index contributed by atoms with van der Waals surface area (Å²) in [7, 11) is 2.31. The Morgan fingerprint density at radius 1 is 1.21 bits per heavy atom. The molecule has 2 aliphatic heterocycles. The minimum Gasteiger partial charge on any atom is -0.329 e. The third kappa shape index (κ3) is 3.93. The van der Waals surface area contributed by atoms with Crippen LogP contribution in [0.25, 0.3) is 0 Å². The molecule has 3 nitrogen and oxygen atoms in total. The van der Waals surface area contributed by atoms with Gasteiger partial charge in [0.25, 0.3) is 0 Å². The molecule has 0 aliphatic carbocycles.